The van der Waals surface area contributed by atoms with Crippen LogP contribution in [0.15, 0.2) is 30.9 Å². The SMILES string of the molecule is CC1CC(Nc2cccc(Cl)c2-n2cncn2)CCN1C. The third-order valence-corrected chi connectivity index (χ3v) is 4.51. The first-order valence-electron chi connectivity index (χ1n) is 7.25. The van der Waals surface area contributed by atoms with Crippen molar-refractivity contribution < 1.29 is 0 Å². The number of benzene rings is 1. The first kappa shape index (κ1) is 14.4. The van der Waals surface area contributed by atoms with Crippen LogP contribution in [0.4, 0.5) is 5.69 Å². The Labute approximate surface area is 129 Å². The molecule has 3 rings (SSSR count). The predicted octanol–water partition coefficient (Wildman–Crippen LogP) is 2.82. The van der Waals surface area contributed by atoms with Crippen LogP contribution in [0.3, 0.4) is 0 Å². The van der Waals surface area contributed by atoms with Gasteiger partial charge in [-0.3, -0.25) is 0 Å². The largest absolute Gasteiger partial charge is 0.380 e. The molecule has 2 aromatic rings. The molecule has 0 spiro atoms. The van der Waals surface area contributed by atoms with Gasteiger partial charge in [-0.15, -0.1) is 0 Å². The van der Waals surface area contributed by atoms with Crippen LogP contribution in [0.1, 0.15) is 19.8 Å². The van der Waals surface area contributed by atoms with Gasteiger partial charge in [0, 0.05) is 18.6 Å². The third-order valence-electron chi connectivity index (χ3n) is 4.20. The Bertz CT molecular complexity index is 598. The van der Waals surface area contributed by atoms with E-state index < -0.39 is 0 Å². The molecule has 1 N–H and O–H groups in total. The summed E-state index contributed by atoms with van der Waals surface area (Å²) in [6, 6.07) is 6.93. The Morgan fingerprint density at radius 2 is 2.24 bits per heavy atom. The molecule has 2 atom stereocenters. The number of hydrogen-bond acceptors (Lipinski definition) is 4. The van der Waals surface area contributed by atoms with E-state index in [4.69, 9.17) is 11.6 Å². The molecule has 1 aromatic heterocycles. The highest BCUT2D eigenvalue weighted by molar-refractivity contribution is 6.33. The van der Waals surface area contributed by atoms with Crippen molar-refractivity contribution in [3.8, 4) is 5.69 Å². The van der Waals surface area contributed by atoms with E-state index in [1.165, 1.54) is 6.33 Å². The van der Waals surface area contributed by atoms with Gasteiger partial charge in [0.2, 0.25) is 0 Å². The second kappa shape index (κ2) is 6.03. The fourth-order valence-electron chi connectivity index (χ4n) is 2.83. The smallest absolute Gasteiger partial charge is 0.138 e. The zero-order valence-corrected chi connectivity index (χ0v) is 13.1. The second-order valence-corrected chi connectivity index (χ2v) is 6.08. The van der Waals surface area contributed by atoms with Gasteiger partial charge in [0.05, 0.1) is 10.7 Å². The fourth-order valence-corrected chi connectivity index (χ4v) is 3.09. The highest BCUT2D eigenvalue weighted by atomic mass is 35.5. The molecule has 0 bridgehead atoms. The molecule has 6 heteroatoms. The maximum Gasteiger partial charge on any atom is 0.138 e. The molecule has 1 fully saturated rings. The lowest BCUT2D eigenvalue weighted by molar-refractivity contribution is 0.190. The number of nitrogens with zero attached hydrogens (tertiary/aromatic N) is 4. The normalized spacial score (nSPS) is 23.2. The highest BCUT2D eigenvalue weighted by Crippen LogP contribution is 2.30. The van der Waals surface area contributed by atoms with Gasteiger partial charge in [0.25, 0.3) is 0 Å². The zero-order valence-electron chi connectivity index (χ0n) is 12.3. The van der Waals surface area contributed by atoms with E-state index in [1.54, 1.807) is 11.0 Å². The highest BCUT2D eigenvalue weighted by Gasteiger charge is 2.23. The van der Waals surface area contributed by atoms with Crippen molar-refractivity contribution in [1.82, 2.24) is 19.7 Å². The number of aromatic nitrogens is 3. The molecule has 21 heavy (non-hydrogen) atoms. The second-order valence-electron chi connectivity index (χ2n) is 5.67. The van der Waals surface area contributed by atoms with E-state index in [1.807, 2.05) is 18.2 Å². The minimum atomic E-state index is 0.455. The van der Waals surface area contributed by atoms with Crippen LogP contribution in [0.5, 0.6) is 0 Å². The minimum absolute atomic E-state index is 0.455. The maximum absolute atomic E-state index is 6.35. The van der Waals surface area contributed by atoms with E-state index in [0.29, 0.717) is 17.1 Å². The number of hydrogen-bond donors (Lipinski definition) is 1. The third kappa shape index (κ3) is 3.04. The fraction of sp³-hybridized carbons (Fsp3) is 0.467. The van der Waals surface area contributed by atoms with Crippen molar-refractivity contribution >= 4 is 17.3 Å². The molecule has 0 aliphatic carbocycles. The van der Waals surface area contributed by atoms with Crippen LogP contribution < -0.4 is 5.32 Å². The lowest BCUT2D eigenvalue weighted by Crippen LogP contribution is -2.42. The van der Waals surface area contributed by atoms with Crippen LogP contribution in [-0.4, -0.2) is 45.3 Å². The van der Waals surface area contributed by atoms with Gasteiger partial charge in [-0.05, 0) is 38.9 Å². The molecule has 0 saturated carbocycles. The quantitative estimate of drug-likeness (QED) is 0.947. The van der Waals surface area contributed by atoms with Gasteiger partial charge in [-0.2, -0.15) is 5.10 Å². The van der Waals surface area contributed by atoms with Crippen molar-refractivity contribution in [3.05, 3.63) is 35.9 Å². The van der Waals surface area contributed by atoms with Crippen LogP contribution >= 0.6 is 11.6 Å². The van der Waals surface area contributed by atoms with Crippen LogP contribution in [0.25, 0.3) is 5.69 Å². The Balaban J connectivity index is 1.85. The summed E-state index contributed by atoms with van der Waals surface area (Å²) in [5.74, 6) is 0. The number of rotatable bonds is 3. The van der Waals surface area contributed by atoms with E-state index in [9.17, 15) is 0 Å². The topological polar surface area (TPSA) is 46.0 Å². The number of anilines is 1. The van der Waals surface area contributed by atoms with Crippen LogP contribution in [0, 0.1) is 0 Å². The molecule has 1 saturated heterocycles. The number of nitrogens with one attached hydrogen (secondary N) is 1. The molecular formula is C15H20ClN5. The molecule has 0 amide bonds. The van der Waals surface area contributed by atoms with Gasteiger partial charge in [0.15, 0.2) is 0 Å². The zero-order chi connectivity index (χ0) is 14.8. The standard InChI is InChI=1S/C15H20ClN5/c1-11-8-12(6-7-20(11)2)19-14-5-3-4-13(16)15(14)21-10-17-9-18-21/h3-5,9-12,19H,6-8H2,1-2H3. The summed E-state index contributed by atoms with van der Waals surface area (Å²) < 4.78 is 1.71. The molecule has 112 valence electrons. The summed E-state index contributed by atoms with van der Waals surface area (Å²) in [5, 5.41) is 8.50. The first-order chi connectivity index (χ1) is 10.1. The first-order valence-corrected chi connectivity index (χ1v) is 7.63. The number of halogens is 1. The van der Waals surface area contributed by atoms with E-state index in [-0.39, 0.29) is 0 Å². The maximum atomic E-state index is 6.35. The van der Waals surface area contributed by atoms with Crippen molar-refractivity contribution in [3.63, 3.8) is 0 Å². The van der Waals surface area contributed by atoms with Crippen LogP contribution in [0.2, 0.25) is 5.02 Å². The monoisotopic (exact) mass is 305 g/mol. The lowest BCUT2D eigenvalue weighted by Gasteiger charge is -2.36. The lowest BCUT2D eigenvalue weighted by atomic mass is 9.98. The average Bonchev–Trinajstić information content (AvgIpc) is 2.97. The van der Waals surface area contributed by atoms with Gasteiger partial charge >= 0.3 is 0 Å². The van der Waals surface area contributed by atoms with Gasteiger partial charge in [-0.1, -0.05) is 17.7 Å². The molecule has 2 unspecified atom stereocenters. The van der Waals surface area contributed by atoms with Crippen molar-refractivity contribution in [2.24, 2.45) is 0 Å². The van der Waals surface area contributed by atoms with Gasteiger partial charge in [-0.25, -0.2) is 9.67 Å². The summed E-state index contributed by atoms with van der Waals surface area (Å²) in [7, 11) is 2.18. The van der Waals surface area contributed by atoms with E-state index in [2.05, 4.69) is 34.3 Å². The van der Waals surface area contributed by atoms with Crippen molar-refractivity contribution in [1.29, 1.82) is 0 Å². The molecule has 5 nitrogen and oxygen atoms in total. The number of para-hydroxylation sites is 1. The molecule has 0 radical (unpaired) electrons. The predicted molar refractivity (Wildman–Crippen MR) is 85.1 cm³/mol. The summed E-state index contributed by atoms with van der Waals surface area (Å²) in [6.45, 7) is 3.38. The van der Waals surface area contributed by atoms with Crippen molar-refractivity contribution in [2.75, 3.05) is 18.9 Å². The molecule has 2 heterocycles. The Morgan fingerprint density at radius 3 is 2.95 bits per heavy atom. The Kier molecular flexibility index (Phi) is 4.12. The molecule has 1 aliphatic heterocycles. The van der Waals surface area contributed by atoms with E-state index in [0.717, 1.165) is 30.8 Å². The minimum Gasteiger partial charge on any atom is -0.380 e. The molecule has 1 aromatic carbocycles. The number of likely N-dealkylation sites (tertiary alicyclic amines) is 1. The van der Waals surface area contributed by atoms with Crippen molar-refractivity contribution in [2.45, 2.75) is 31.8 Å². The summed E-state index contributed by atoms with van der Waals surface area (Å²) in [6.07, 6.45) is 5.44. The number of piperidine rings is 1. The summed E-state index contributed by atoms with van der Waals surface area (Å²) in [4.78, 5) is 6.41. The molecular weight excluding hydrogens is 286 g/mol. The van der Waals surface area contributed by atoms with Crippen LogP contribution in [-0.2, 0) is 0 Å². The average molecular weight is 306 g/mol. The molecule has 1 aliphatic rings. The van der Waals surface area contributed by atoms with Gasteiger partial charge < -0.3 is 10.2 Å². The Hall–Kier alpha value is -1.59. The van der Waals surface area contributed by atoms with E-state index >= 15 is 0 Å². The van der Waals surface area contributed by atoms with Gasteiger partial charge in [0.1, 0.15) is 18.3 Å². The Morgan fingerprint density at radius 1 is 1.38 bits per heavy atom. The summed E-state index contributed by atoms with van der Waals surface area (Å²) in [5.41, 5.74) is 1.87. The summed E-state index contributed by atoms with van der Waals surface area (Å²) >= 11 is 6.35.